The molecule has 1 aliphatic rings. The van der Waals surface area contributed by atoms with Gasteiger partial charge in [0.2, 0.25) is 0 Å². The Morgan fingerprint density at radius 3 is 2.44 bits per heavy atom. The standard InChI is InChI=1S/C24H22F3N5O2S2/c25-24(26,27)17-13-16(22(33)31-9-11-32(12-10-31)23(34)18(28)14-35)6-7-19(17)30-36-20-5-1-3-15-4-2-8-29-21(15)20/h1-8,13-14,30,35H,9-12,28H2/b18-14-. The second-order valence-corrected chi connectivity index (χ2v) is 9.07. The average molecular weight is 534 g/mol. The summed E-state index contributed by atoms with van der Waals surface area (Å²) in [6.07, 6.45) is -3.06. The topological polar surface area (TPSA) is 91.6 Å². The van der Waals surface area contributed by atoms with Crippen LogP contribution in [0, 0.1) is 0 Å². The fourth-order valence-corrected chi connectivity index (χ4v) is 4.72. The summed E-state index contributed by atoms with van der Waals surface area (Å²) >= 11 is 4.88. The Morgan fingerprint density at radius 2 is 1.75 bits per heavy atom. The van der Waals surface area contributed by atoms with Crippen LogP contribution in [0.2, 0.25) is 0 Å². The van der Waals surface area contributed by atoms with E-state index in [1.165, 1.54) is 27.3 Å². The van der Waals surface area contributed by atoms with Crippen LogP contribution in [0.3, 0.4) is 0 Å². The Morgan fingerprint density at radius 1 is 1.06 bits per heavy atom. The number of halogens is 3. The Kier molecular flexibility index (Phi) is 7.65. The van der Waals surface area contributed by atoms with Crippen molar-refractivity contribution in [2.45, 2.75) is 11.1 Å². The van der Waals surface area contributed by atoms with Crippen molar-refractivity contribution in [1.29, 1.82) is 0 Å². The summed E-state index contributed by atoms with van der Waals surface area (Å²) in [6, 6.07) is 12.6. The van der Waals surface area contributed by atoms with Crippen molar-refractivity contribution in [3.63, 3.8) is 0 Å². The van der Waals surface area contributed by atoms with E-state index in [4.69, 9.17) is 5.73 Å². The van der Waals surface area contributed by atoms with Crippen LogP contribution in [0.4, 0.5) is 18.9 Å². The van der Waals surface area contributed by atoms with Gasteiger partial charge in [-0.1, -0.05) is 18.2 Å². The van der Waals surface area contributed by atoms with Crippen LogP contribution in [0.15, 0.2) is 70.7 Å². The number of para-hydroxylation sites is 1. The van der Waals surface area contributed by atoms with Crippen molar-refractivity contribution in [1.82, 2.24) is 14.8 Å². The molecule has 0 aliphatic carbocycles. The highest BCUT2D eigenvalue weighted by Gasteiger charge is 2.35. The molecule has 4 rings (SSSR count). The van der Waals surface area contributed by atoms with E-state index < -0.39 is 23.6 Å². The van der Waals surface area contributed by atoms with Crippen molar-refractivity contribution in [3.05, 3.63) is 77.0 Å². The summed E-state index contributed by atoms with van der Waals surface area (Å²) in [5, 5.41) is 2.07. The number of nitrogens with zero attached hydrogens (tertiary/aromatic N) is 3. The van der Waals surface area contributed by atoms with Crippen molar-refractivity contribution in [2.24, 2.45) is 5.73 Å². The monoisotopic (exact) mass is 533 g/mol. The number of alkyl halides is 3. The first-order valence-corrected chi connectivity index (χ1v) is 12.2. The van der Waals surface area contributed by atoms with E-state index in [1.807, 2.05) is 12.1 Å². The molecule has 1 saturated heterocycles. The van der Waals surface area contributed by atoms with Gasteiger partial charge in [0.1, 0.15) is 5.70 Å². The molecule has 1 aliphatic heterocycles. The molecule has 0 spiro atoms. The molecule has 12 heteroatoms. The first kappa shape index (κ1) is 25.7. The first-order chi connectivity index (χ1) is 17.2. The van der Waals surface area contributed by atoms with Crippen LogP contribution in [0.5, 0.6) is 0 Å². The van der Waals surface area contributed by atoms with Gasteiger partial charge in [0.05, 0.1) is 21.7 Å². The van der Waals surface area contributed by atoms with E-state index in [9.17, 15) is 22.8 Å². The molecule has 36 heavy (non-hydrogen) atoms. The highest BCUT2D eigenvalue weighted by atomic mass is 32.2. The molecule has 1 fully saturated rings. The lowest BCUT2D eigenvalue weighted by Gasteiger charge is -2.35. The lowest BCUT2D eigenvalue weighted by Crippen LogP contribution is -2.51. The summed E-state index contributed by atoms with van der Waals surface area (Å²) in [5.74, 6) is -0.937. The molecule has 1 aromatic heterocycles. The van der Waals surface area contributed by atoms with E-state index in [2.05, 4.69) is 22.3 Å². The van der Waals surface area contributed by atoms with Gasteiger partial charge >= 0.3 is 6.18 Å². The van der Waals surface area contributed by atoms with Crippen LogP contribution in [-0.2, 0) is 11.0 Å². The minimum atomic E-state index is -4.68. The van der Waals surface area contributed by atoms with Gasteiger partial charge in [-0.25, -0.2) is 0 Å². The fourth-order valence-electron chi connectivity index (χ4n) is 3.80. The largest absolute Gasteiger partial charge is 0.418 e. The first-order valence-electron chi connectivity index (χ1n) is 10.9. The van der Waals surface area contributed by atoms with Crippen LogP contribution in [0.25, 0.3) is 10.9 Å². The number of hydrogen-bond donors (Lipinski definition) is 3. The molecule has 2 heterocycles. The van der Waals surface area contributed by atoms with E-state index >= 15 is 0 Å². The molecule has 0 unspecified atom stereocenters. The smallest absolute Gasteiger partial charge is 0.394 e. The second kappa shape index (κ2) is 10.7. The van der Waals surface area contributed by atoms with Gasteiger partial charge in [0.15, 0.2) is 0 Å². The van der Waals surface area contributed by atoms with Crippen LogP contribution < -0.4 is 10.5 Å². The maximum absolute atomic E-state index is 13.9. The normalized spacial score (nSPS) is 14.7. The number of piperazine rings is 1. The molecule has 0 radical (unpaired) electrons. The SMILES string of the molecule is N/C(=C\S)C(=O)N1CCN(C(=O)c2ccc(NSc3cccc4cccnc34)c(C(F)(F)F)c2)CC1. The maximum atomic E-state index is 13.9. The molecule has 2 amide bonds. The molecular weight excluding hydrogens is 511 g/mol. The van der Waals surface area contributed by atoms with E-state index in [1.54, 1.807) is 24.4 Å². The molecule has 0 saturated carbocycles. The molecular formula is C24H22F3N5O2S2. The van der Waals surface area contributed by atoms with Gasteiger partial charge < -0.3 is 20.3 Å². The Hall–Kier alpha value is -3.38. The van der Waals surface area contributed by atoms with Crippen LogP contribution >= 0.6 is 24.6 Å². The summed E-state index contributed by atoms with van der Waals surface area (Å²) in [6.45, 7) is 0.786. The zero-order valence-corrected chi connectivity index (χ0v) is 20.5. The molecule has 0 bridgehead atoms. The van der Waals surface area contributed by atoms with E-state index in [0.29, 0.717) is 10.4 Å². The van der Waals surface area contributed by atoms with Crippen molar-refractivity contribution >= 4 is 53.0 Å². The summed E-state index contributed by atoms with van der Waals surface area (Å²) in [5.41, 5.74) is 5.04. The number of carbonyl (C=O) groups excluding carboxylic acids is 2. The Labute approximate surface area is 215 Å². The number of anilines is 1. The number of amides is 2. The third-order valence-corrected chi connectivity index (χ3v) is 6.83. The van der Waals surface area contributed by atoms with Gasteiger partial charge in [-0.05, 0) is 47.7 Å². The molecule has 2 aromatic carbocycles. The summed E-state index contributed by atoms with van der Waals surface area (Å²) in [4.78, 5) is 33.0. The van der Waals surface area contributed by atoms with Gasteiger partial charge in [-0.2, -0.15) is 13.2 Å². The predicted molar refractivity (Wildman–Crippen MR) is 136 cm³/mol. The number of fused-ring (bicyclic) bond motifs is 1. The van der Waals surface area contributed by atoms with Crippen LogP contribution in [0.1, 0.15) is 15.9 Å². The number of aromatic nitrogens is 1. The van der Waals surface area contributed by atoms with Gasteiger partial charge in [0.25, 0.3) is 11.8 Å². The lowest BCUT2D eigenvalue weighted by atomic mass is 10.1. The maximum Gasteiger partial charge on any atom is 0.418 e. The number of pyridine rings is 1. The summed E-state index contributed by atoms with van der Waals surface area (Å²) < 4.78 is 44.5. The summed E-state index contributed by atoms with van der Waals surface area (Å²) in [7, 11) is 0. The molecule has 0 atom stereocenters. The zero-order valence-electron chi connectivity index (χ0n) is 18.8. The van der Waals surface area contributed by atoms with Gasteiger partial charge in [-0.3, -0.25) is 14.6 Å². The predicted octanol–water partition coefficient (Wildman–Crippen LogP) is 4.39. The van der Waals surface area contributed by atoms with Crippen molar-refractivity contribution in [3.8, 4) is 0 Å². The highest BCUT2D eigenvalue weighted by Crippen LogP contribution is 2.38. The number of carbonyl (C=O) groups is 2. The number of nitrogens with one attached hydrogen (secondary N) is 1. The van der Waals surface area contributed by atoms with Crippen LogP contribution in [-0.4, -0.2) is 52.8 Å². The van der Waals surface area contributed by atoms with Crippen molar-refractivity contribution < 1.29 is 22.8 Å². The zero-order chi connectivity index (χ0) is 25.9. The van der Waals surface area contributed by atoms with Crippen molar-refractivity contribution in [2.75, 3.05) is 30.9 Å². The second-order valence-electron chi connectivity index (χ2n) is 7.96. The number of benzene rings is 2. The molecule has 3 aromatic rings. The van der Waals surface area contributed by atoms with Gasteiger partial charge in [0, 0.05) is 43.3 Å². The minimum absolute atomic E-state index is 0.0202. The molecule has 3 N–H and O–H groups in total. The third kappa shape index (κ3) is 5.54. The van der Waals surface area contributed by atoms with Gasteiger partial charge in [-0.15, -0.1) is 12.6 Å². The Balaban J connectivity index is 1.50. The third-order valence-electron chi connectivity index (χ3n) is 5.68. The number of rotatable bonds is 5. The highest BCUT2D eigenvalue weighted by molar-refractivity contribution is 8.00. The van der Waals surface area contributed by atoms with E-state index in [-0.39, 0.29) is 43.1 Å². The number of nitrogens with two attached hydrogens (primary N) is 1. The lowest BCUT2D eigenvalue weighted by molar-refractivity contribution is -0.137. The minimum Gasteiger partial charge on any atom is -0.394 e. The average Bonchev–Trinajstić information content (AvgIpc) is 2.90. The number of thiol groups is 1. The molecule has 188 valence electrons. The van der Waals surface area contributed by atoms with E-state index in [0.717, 1.165) is 23.4 Å². The fraction of sp³-hybridized carbons (Fsp3) is 0.208. The number of hydrogen-bond acceptors (Lipinski definition) is 7. The Bertz CT molecular complexity index is 1320. The quantitative estimate of drug-likeness (QED) is 0.256. The molecule has 7 nitrogen and oxygen atoms in total.